The summed E-state index contributed by atoms with van der Waals surface area (Å²) < 4.78 is 0. The molecule has 0 saturated heterocycles. The van der Waals surface area contributed by atoms with Crippen molar-refractivity contribution in [1.82, 2.24) is 10.3 Å². The fourth-order valence-electron chi connectivity index (χ4n) is 1.95. The molecule has 0 aliphatic rings. The van der Waals surface area contributed by atoms with Gasteiger partial charge in [-0.2, -0.15) is 11.8 Å². The maximum atomic E-state index is 12.0. The first-order chi connectivity index (χ1) is 9.67. The molecule has 0 aliphatic heterocycles. The zero-order valence-corrected chi connectivity index (χ0v) is 13.3. The zero-order valence-electron chi connectivity index (χ0n) is 12.4. The molecule has 112 valence electrons. The Morgan fingerprint density at radius 1 is 1.30 bits per heavy atom. The third-order valence-corrected chi connectivity index (χ3v) is 3.78. The van der Waals surface area contributed by atoms with E-state index in [0.717, 1.165) is 25.1 Å². The quantitative estimate of drug-likeness (QED) is 0.687. The number of carbonyl (C=O) groups is 1. The lowest BCUT2D eigenvalue weighted by atomic mass is 10.1. The van der Waals surface area contributed by atoms with E-state index >= 15 is 0 Å². The highest BCUT2D eigenvalue weighted by Crippen LogP contribution is 2.09. The van der Waals surface area contributed by atoms with E-state index in [4.69, 9.17) is 5.73 Å². The molecule has 0 spiro atoms. The van der Waals surface area contributed by atoms with Crippen molar-refractivity contribution in [3.8, 4) is 0 Å². The summed E-state index contributed by atoms with van der Waals surface area (Å²) in [5.41, 5.74) is 7.16. The Morgan fingerprint density at radius 2 is 2.05 bits per heavy atom. The standard InChI is InChI=1S/C15H25N3OS/c1-3-13-10-12(11-14(16)18-13)15(19)17-8-6-4-5-7-9-20-2/h10-11H,3-9H2,1-2H3,(H2,16,18)(H,17,19). The topological polar surface area (TPSA) is 68.0 Å². The summed E-state index contributed by atoms with van der Waals surface area (Å²) in [7, 11) is 0. The van der Waals surface area contributed by atoms with E-state index in [0.29, 0.717) is 11.4 Å². The van der Waals surface area contributed by atoms with Gasteiger partial charge in [-0.3, -0.25) is 4.79 Å². The highest BCUT2D eigenvalue weighted by Gasteiger charge is 2.07. The Labute approximate surface area is 125 Å². The number of amides is 1. The lowest BCUT2D eigenvalue weighted by molar-refractivity contribution is 0.0952. The molecular formula is C15H25N3OS. The van der Waals surface area contributed by atoms with Gasteiger partial charge >= 0.3 is 0 Å². The summed E-state index contributed by atoms with van der Waals surface area (Å²) in [5.74, 6) is 1.58. The molecule has 0 atom stereocenters. The van der Waals surface area contributed by atoms with E-state index in [1.54, 1.807) is 6.07 Å². The van der Waals surface area contributed by atoms with Gasteiger partial charge in [0, 0.05) is 17.8 Å². The normalized spacial score (nSPS) is 10.5. The minimum Gasteiger partial charge on any atom is -0.384 e. The van der Waals surface area contributed by atoms with Crippen molar-refractivity contribution in [3.63, 3.8) is 0 Å². The van der Waals surface area contributed by atoms with Crippen LogP contribution in [-0.2, 0) is 6.42 Å². The number of aryl methyl sites for hydroxylation is 1. The van der Waals surface area contributed by atoms with Gasteiger partial charge in [0.25, 0.3) is 5.91 Å². The maximum Gasteiger partial charge on any atom is 0.251 e. The predicted octanol–water partition coefficient (Wildman–Crippen LogP) is 2.88. The maximum absolute atomic E-state index is 12.0. The van der Waals surface area contributed by atoms with Crippen LogP contribution in [0.5, 0.6) is 0 Å². The summed E-state index contributed by atoms with van der Waals surface area (Å²) >= 11 is 1.88. The summed E-state index contributed by atoms with van der Waals surface area (Å²) in [6, 6.07) is 3.44. The van der Waals surface area contributed by atoms with Crippen LogP contribution in [0.4, 0.5) is 5.82 Å². The van der Waals surface area contributed by atoms with Crippen molar-refractivity contribution in [2.24, 2.45) is 0 Å². The van der Waals surface area contributed by atoms with Crippen molar-refractivity contribution in [2.75, 3.05) is 24.3 Å². The Balaban J connectivity index is 2.30. The first-order valence-corrected chi connectivity index (χ1v) is 8.60. The highest BCUT2D eigenvalue weighted by atomic mass is 32.2. The lowest BCUT2D eigenvalue weighted by Crippen LogP contribution is -2.24. The number of hydrogen-bond acceptors (Lipinski definition) is 4. The second-order valence-corrected chi connectivity index (χ2v) is 5.77. The van der Waals surface area contributed by atoms with Gasteiger partial charge in [0.2, 0.25) is 0 Å². The number of rotatable bonds is 9. The predicted molar refractivity (Wildman–Crippen MR) is 87.2 cm³/mol. The lowest BCUT2D eigenvalue weighted by Gasteiger charge is -2.07. The van der Waals surface area contributed by atoms with Gasteiger partial charge in [0.15, 0.2) is 0 Å². The fourth-order valence-corrected chi connectivity index (χ4v) is 2.44. The van der Waals surface area contributed by atoms with Gasteiger partial charge < -0.3 is 11.1 Å². The van der Waals surface area contributed by atoms with Crippen LogP contribution < -0.4 is 11.1 Å². The van der Waals surface area contributed by atoms with Crippen LogP contribution in [0.3, 0.4) is 0 Å². The van der Waals surface area contributed by atoms with E-state index in [-0.39, 0.29) is 5.91 Å². The summed E-state index contributed by atoms with van der Waals surface area (Å²) in [5, 5.41) is 2.94. The van der Waals surface area contributed by atoms with Crippen LogP contribution in [-0.4, -0.2) is 29.4 Å². The van der Waals surface area contributed by atoms with Crippen molar-refractivity contribution in [1.29, 1.82) is 0 Å². The molecule has 1 heterocycles. The van der Waals surface area contributed by atoms with Gasteiger partial charge in [-0.1, -0.05) is 19.8 Å². The largest absolute Gasteiger partial charge is 0.384 e. The fraction of sp³-hybridized carbons (Fsp3) is 0.600. The molecular weight excluding hydrogens is 270 g/mol. The van der Waals surface area contributed by atoms with Gasteiger partial charge in [-0.15, -0.1) is 0 Å². The van der Waals surface area contributed by atoms with E-state index in [9.17, 15) is 4.79 Å². The summed E-state index contributed by atoms with van der Waals surface area (Å²) in [4.78, 5) is 16.2. The van der Waals surface area contributed by atoms with Gasteiger partial charge in [0.1, 0.15) is 5.82 Å². The molecule has 0 radical (unpaired) electrons. The average molecular weight is 295 g/mol. The second-order valence-electron chi connectivity index (χ2n) is 4.79. The number of nitrogens with two attached hydrogens (primary N) is 1. The van der Waals surface area contributed by atoms with Crippen molar-refractivity contribution in [3.05, 3.63) is 23.4 Å². The van der Waals surface area contributed by atoms with Crippen LogP contribution >= 0.6 is 11.8 Å². The number of unbranched alkanes of at least 4 members (excludes halogenated alkanes) is 3. The van der Waals surface area contributed by atoms with Crippen LogP contribution in [0.1, 0.15) is 48.7 Å². The summed E-state index contributed by atoms with van der Waals surface area (Å²) in [6.07, 6.45) is 7.60. The van der Waals surface area contributed by atoms with Gasteiger partial charge in [0.05, 0.1) is 0 Å². The van der Waals surface area contributed by atoms with Gasteiger partial charge in [-0.25, -0.2) is 4.98 Å². The molecule has 20 heavy (non-hydrogen) atoms. The number of anilines is 1. The average Bonchev–Trinajstić information content (AvgIpc) is 2.45. The number of thioether (sulfide) groups is 1. The minimum absolute atomic E-state index is 0.0575. The molecule has 3 N–H and O–H groups in total. The third kappa shape index (κ3) is 6.28. The third-order valence-electron chi connectivity index (χ3n) is 3.08. The number of pyridine rings is 1. The van der Waals surface area contributed by atoms with Crippen LogP contribution in [0.25, 0.3) is 0 Å². The Bertz CT molecular complexity index is 424. The van der Waals surface area contributed by atoms with Crippen LogP contribution in [0, 0.1) is 0 Å². The molecule has 0 aliphatic carbocycles. The van der Waals surface area contributed by atoms with E-state index in [2.05, 4.69) is 16.6 Å². The SMILES string of the molecule is CCc1cc(C(=O)NCCCCCCSC)cc(N)n1. The molecule has 1 amide bonds. The van der Waals surface area contributed by atoms with Crippen LogP contribution in [0.2, 0.25) is 0 Å². The number of nitrogens with one attached hydrogen (secondary N) is 1. The molecule has 4 nitrogen and oxygen atoms in total. The Hall–Kier alpha value is -1.23. The van der Waals surface area contributed by atoms with E-state index < -0.39 is 0 Å². The molecule has 1 rings (SSSR count). The molecule has 5 heteroatoms. The van der Waals surface area contributed by atoms with Crippen LogP contribution in [0.15, 0.2) is 12.1 Å². The molecule has 0 saturated carbocycles. The first-order valence-electron chi connectivity index (χ1n) is 7.21. The van der Waals surface area contributed by atoms with Crippen molar-refractivity contribution >= 4 is 23.5 Å². The first kappa shape index (κ1) is 16.8. The summed E-state index contributed by atoms with van der Waals surface area (Å²) in [6.45, 7) is 2.72. The number of aromatic nitrogens is 1. The van der Waals surface area contributed by atoms with Gasteiger partial charge in [-0.05, 0) is 43.4 Å². The Morgan fingerprint density at radius 3 is 2.75 bits per heavy atom. The number of nitrogen functional groups attached to an aromatic ring is 1. The smallest absolute Gasteiger partial charge is 0.251 e. The van der Waals surface area contributed by atoms with E-state index in [1.807, 2.05) is 24.8 Å². The zero-order chi connectivity index (χ0) is 14.8. The van der Waals surface area contributed by atoms with Crippen molar-refractivity contribution in [2.45, 2.75) is 39.0 Å². The molecule has 0 aromatic carbocycles. The van der Waals surface area contributed by atoms with Crippen molar-refractivity contribution < 1.29 is 4.79 Å². The molecule has 0 unspecified atom stereocenters. The Kier molecular flexibility index (Phi) is 8.11. The number of carbonyl (C=O) groups excluding carboxylic acids is 1. The van der Waals surface area contributed by atoms with E-state index in [1.165, 1.54) is 25.0 Å². The number of hydrogen-bond donors (Lipinski definition) is 2. The molecule has 1 aromatic heterocycles. The highest BCUT2D eigenvalue weighted by molar-refractivity contribution is 7.98. The number of nitrogens with zero attached hydrogens (tertiary/aromatic N) is 1. The second kappa shape index (κ2) is 9.64. The minimum atomic E-state index is -0.0575. The molecule has 0 fully saturated rings. The molecule has 0 bridgehead atoms. The molecule has 1 aromatic rings. The monoisotopic (exact) mass is 295 g/mol.